The van der Waals surface area contributed by atoms with Gasteiger partial charge >= 0.3 is 0 Å². The molecular formula is C15H19ClO3. The lowest BCUT2D eigenvalue weighted by Gasteiger charge is -2.21. The lowest BCUT2D eigenvalue weighted by Crippen LogP contribution is -2.27. The number of ether oxygens (including phenoxy) is 3. The second kappa shape index (κ2) is 5.41. The maximum Gasteiger partial charge on any atom is 0.187 e. The van der Waals surface area contributed by atoms with Gasteiger partial charge in [0, 0.05) is 31.4 Å². The van der Waals surface area contributed by atoms with Crippen LogP contribution in [0.2, 0.25) is 5.02 Å². The highest BCUT2D eigenvalue weighted by Gasteiger charge is 2.49. The van der Waals surface area contributed by atoms with E-state index in [0.29, 0.717) is 0 Å². The normalized spacial score (nSPS) is 29.2. The molecule has 1 saturated heterocycles. The largest absolute Gasteiger partial charge is 0.353 e. The minimum Gasteiger partial charge on any atom is -0.353 e. The fourth-order valence-corrected chi connectivity index (χ4v) is 3.23. The van der Waals surface area contributed by atoms with Crippen molar-refractivity contribution in [1.29, 1.82) is 0 Å². The van der Waals surface area contributed by atoms with Crippen molar-refractivity contribution < 1.29 is 14.2 Å². The van der Waals surface area contributed by atoms with E-state index in [0.717, 1.165) is 42.7 Å². The van der Waals surface area contributed by atoms with Gasteiger partial charge in [0.25, 0.3) is 0 Å². The van der Waals surface area contributed by atoms with Crippen molar-refractivity contribution in [2.24, 2.45) is 0 Å². The summed E-state index contributed by atoms with van der Waals surface area (Å²) in [5.74, 6) is -0.410. The van der Waals surface area contributed by atoms with Crippen molar-refractivity contribution in [3.8, 4) is 0 Å². The van der Waals surface area contributed by atoms with Gasteiger partial charge in [0.1, 0.15) is 6.10 Å². The summed E-state index contributed by atoms with van der Waals surface area (Å²) in [5.41, 5.74) is 1.08. The van der Waals surface area contributed by atoms with E-state index in [2.05, 4.69) is 0 Å². The molecule has 2 fully saturated rings. The zero-order chi connectivity index (χ0) is 13.3. The smallest absolute Gasteiger partial charge is 0.187 e. The van der Waals surface area contributed by atoms with Crippen LogP contribution in [0.15, 0.2) is 24.3 Å². The third-order valence-electron chi connectivity index (χ3n) is 3.98. The number of hydrogen-bond donors (Lipinski definition) is 0. The number of methoxy groups -OCH3 is 1. The molecule has 1 aromatic carbocycles. The predicted octanol–water partition coefficient (Wildman–Crippen LogP) is 3.54. The average molecular weight is 283 g/mol. The van der Waals surface area contributed by atoms with Gasteiger partial charge in [0.15, 0.2) is 12.1 Å². The highest BCUT2D eigenvalue weighted by atomic mass is 35.5. The van der Waals surface area contributed by atoms with E-state index in [-0.39, 0.29) is 12.4 Å². The van der Waals surface area contributed by atoms with Crippen molar-refractivity contribution in [3.05, 3.63) is 34.9 Å². The van der Waals surface area contributed by atoms with Crippen molar-refractivity contribution >= 4 is 11.6 Å². The monoisotopic (exact) mass is 282 g/mol. The lowest BCUT2D eigenvalue weighted by molar-refractivity contribution is -0.200. The van der Waals surface area contributed by atoms with Crippen molar-refractivity contribution in [3.63, 3.8) is 0 Å². The molecule has 1 saturated carbocycles. The van der Waals surface area contributed by atoms with E-state index < -0.39 is 5.79 Å². The topological polar surface area (TPSA) is 27.7 Å². The SMILES string of the molecule is CO[C@@H]1OC2(CCCC2)O[C@@H]1Cc1ccccc1Cl. The highest BCUT2D eigenvalue weighted by Crippen LogP contribution is 2.43. The molecule has 104 valence electrons. The summed E-state index contributed by atoms with van der Waals surface area (Å²) in [6, 6.07) is 7.85. The van der Waals surface area contributed by atoms with Gasteiger partial charge in [-0.15, -0.1) is 0 Å². The fraction of sp³-hybridized carbons (Fsp3) is 0.600. The number of rotatable bonds is 3. The third kappa shape index (κ3) is 2.65. The van der Waals surface area contributed by atoms with Crippen LogP contribution < -0.4 is 0 Å². The Morgan fingerprint density at radius 1 is 1.26 bits per heavy atom. The zero-order valence-corrected chi connectivity index (χ0v) is 11.9. The highest BCUT2D eigenvalue weighted by molar-refractivity contribution is 6.31. The molecule has 0 amide bonds. The van der Waals surface area contributed by atoms with Crippen molar-refractivity contribution in [2.75, 3.05) is 7.11 Å². The Hall–Kier alpha value is -0.610. The molecule has 1 spiro atoms. The molecule has 0 radical (unpaired) electrons. The summed E-state index contributed by atoms with van der Waals surface area (Å²) >= 11 is 6.21. The second-order valence-corrected chi connectivity index (χ2v) is 5.70. The molecule has 1 aromatic rings. The molecule has 0 N–H and O–H groups in total. The van der Waals surface area contributed by atoms with E-state index in [1.165, 1.54) is 0 Å². The molecule has 1 aliphatic carbocycles. The number of benzene rings is 1. The van der Waals surface area contributed by atoms with Crippen LogP contribution in [0.5, 0.6) is 0 Å². The van der Waals surface area contributed by atoms with Gasteiger partial charge in [0.2, 0.25) is 0 Å². The molecule has 2 aliphatic rings. The molecule has 2 atom stereocenters. The quantitative estimate of drug-likeness (QED) is 0.849. The van der Waals surface area contributed by atoms with Crippen LogP contribution in [0, 0.1) is 0 Å². The van der Waals surface area contributed by atoms with Crippen LogP contribution in [0.25, 0.3) is 0 Å². The zero-order valence-electron chi connectivity index (χ0n) is 11.1. The van der Waals surface area contributed by atoms with Crippen molar-refractivity contribution in [1.82, 2.24) is 0 Å². The third-order valence-corrected chi connectivity index (χ3v) is 4.35. The first-order valence-corrected chi connectivity index (χ1v) is 7.22. The van der Waals surface area contributed by atoms with Gasteiger partial charge in [-0.05, 0) is 24.5 Å². The van der Waals surface area contributed by atoms with Gasteiger partial charge in [-0.2, -0.15) is 0 Å². The van der Waals surface area contributed by atoms with Gasteiger partial charge < -0.3 is 14.2 Å². The van der Waals surface area contributed by atoms with Crippen LogP contribution in [0.3, 0.4) is 0 Å². The summed E-state index contributed by atoms with van der Waals surface area (Å²) in [7, 11) is 1.67. The van der Waals surface area contributed by atoms with Crippen LogP contribution in [-0.2, 0) is 20.6 Å². The Morgan fingerprint density at radius 3 is 2.68 bits per heavy atom. The molecule has 0 bridgehead atoms. The predicted molar refractivity (Wildman–Crippen MR) is 73.1 cm³/mol. The maximum absolute atomic E-state index is 6.21. The van der Waals surface area contributed by atoms with Gasteiger partial charge in [-0.1, -0.05) is 29.8 Å². The van der Waals surface area contributed by atoms with E-state index in [1.807, 2.05) is 24.3 Å². The van der Waals surface area contributed by atoms with Crippen LogP contribution in [0.1, 0.15) is 31.2 Å². The molecule has 1 heterocycles. The fourth-order valence-electron chi connectivity index (χ4n) is 3.01. The molecule has 1 aliphatic heterocycles. The van der Waals surface area contributed by atoms with Crippen molar-refractivity contribution in [2.45, 2.75) is 50.3 Å². The Labute approximate surface area is 118 Å². The summed E-state index contributed by atoms with van der Waals surface area (Å²) in [6.07, 6.45) is 4.60. The first-order valence-electron chi connectivity index (χ1n) is 6.84. The summed E-state index contributed by atoms with van der Waals surface area (Å²) in [4.78, 5) is 0. The van der Waals surface area contributed by atoms with Gasteiger partial charge in [0.05, 0.1) is 0 Å². The second-order valence-electron chi connectivity index (χ2n) is 5.29. The summed E-state index contributed by atoms with van der Waals surface area (Å²) in [5, 5.41) is 0.772. The minimum absolute atomic E-state index is 0.0806. The first kappa shape index (κ1) is 13.4. The minimum atomic E-state index is -0.410. The standard InChI is InChI=1S/C15H19ClO3/c1-17-14-13(10-11-6-2-3-7-12(11)16)18-15(19-14)8-4-5-9-15/h2-3,6-7,13-14H,4-5,8-10H2,1H3/t13-,14-/m1/s1. The van der Waals surface area contributed by atoms with E-state index in [1.54, 1.807) is 7.11 Å². The first-order chi connectivity index (χ1) is 9.22. The molecule has 3 rings (SSSR count). The van der Waals surface area contributed by atoms with Gasteiger partial charge in [-0.25, -0.2) is 0 Å². The molecule has 19 heavy (non-hydrogen) atoms. The molecular weight excluding hydrogens is 264 g/mol. The maximum atomic E-state index is 6.21. The summed E-state index contributed by atoms with van der Waals surface area (Å²) in [6.45, 7) is 0. The Balaban J connectivity index is 1.75. The van der Waals surface area contributed by atoms with Crippen LogP contribution >= 0.6 is 11.6 Å². The van der Waals surface area contributed by atoms with E-state index in [4.69, 9.17) is 25.8 Å². The van der Waals surface area contributed by atoms with Gasteiger partial charge in [-0.3, -0.25) is 0 Å². The van der Waals surface area contributed by atoms with Crippen LogP contribution in [-0.4, -0.2) is 25.3 Å². The Morgan fingerprint density at radius 2 is 2.00 bits per heavy atom. The molecule has 0 unspecified atom stereocenters. The Kier molecular flexibility index (Phi) is 3.81. The number of hydrogen-bond acceptors (Lipinski definition) is 3. The Bertz CT molecular complexity index is 443. The van der Waals surface area contributed by atoms with E-state index >= 15 is 0 Å². The molecule has 0 aromatic heterocycles. The molecule has 4 heteroatoms. The average Bonchev–Trinajstić information content (AvgIpc) is 3.00. The van der Waals surface area contributed by atoms with E-state index in [9.17, 15) is 0 Å². The van der Waals surface area contributed by atoms with Crippen LogP contribution in [0.4, 0.5) is 0 Å². The lowest BCUT2D eigenvalue weighted by atomic mass is 10.1. The summed E-state index contributed by atoms with van der Waals surface area (Å²) < 4.78 is 17.6. The molecule has 3 nitrogen and oxygen atoms in total. The number of halogens is 1.